The van der Waals surface area contributed by atoms with Gasteiger partial charge in [-0.15, -0.1) is 0 Å². The molecule has 0 bridgehead atoms. The average molecular weight is 238 g/mol. The monoisotopic (exact) mass is 238 g/mol. The van der Waals surface area contributed by atoms with E-state index in [2.05, 4.69) is 0 Å². The zero-order valence-electron chi connectivity index (χ0n) is 9.06. The highest BCUT2D eigenvalue weighted by molar-refractivity contribution is 5.96. The molecule has 0 aliphatic carbocycles. The molecule has 0 atom stereocenters. The van der Waals surface area contributed by atoms with E-state index in [4.69, 9.17) is 0 Å². The molecule has 0 N–H and O–H groups in total. The maximum Gasteiger partial charge on any atom is 0.269 e. The number of halogens is 1. The van der Waals surface area contributed by atoms with Crippen LogP contribution in [-0.2, 0) is 11.2 Å². The third-order valence-corrected chi connectivity index (χ3v) is 2.78. The summed E-state index contributed by atoms with van der Waals surface area (Å²) in [5, 5.41) is 10.6. The summed E-state index contributed by atoms with van der Waals surface area (Å²) in [6.45, 7) is -0.619. The summed E-state index contributed by atoms with van der Waals surface area (Å²) in [6.07, 6.45) is 0.743. The van der Waals surface area contributed by atoms with Gasteiger partial charge in [-0.3, -0.25) is 14.9 Å². The smallest absolute Gasteiger partial charge is 0.269 e. The Morgan fingerprint density at radius 1 is 1.41 bits per heavy atom. The molecular formula is C11H11FN2O3. The SMILES string of the molecule is O=C1CCc2cc([N+](=O)[O-])ccc2N1CCF. The zero-order chi connectivity index (χ0) is 12.4. The summed E-state index contributed by atoms with van der Waals surface area (Å²) in [7, 11) is 0. The van der Waals surface area contributed by atoms with Gasteiger partial charge in [-0.1, -0.05) is 0 Å². The summed E-state index contributed by atoms with van der Waals surface area (Å²) in [5.74, 6) is -0.135. The predicted molar refractivity (Wildman–Crippen MR) is 59.7 cm³/mol. The molecular weight excluding hydrogens is 227 g/mol. The van der Waals surface area contributed by atoms with Gasteiger partial charge in [-0.2, -0.15) is 0 Å². The van der Waals surface area contributed by atoms with Crippen molar-refractivity contribution in [1.29, 1.82) is 0 Å². The summed E-state index contributed by atoms with van der Waals surface area (Å²) in [6, 6.07) is 4.30. The molecule has 0 aromatic heterocycles. The lowest BCUT2D eigenvalue weighted by atomic mass is 10.0. The minimum Gasteiger partial charge on any atom is -0.310 e. The van der Waals surface area contributed by atoms with Gasteiger partial charge in [-0.05, 0) is 18.1 Å². The van der Waals surface area contributed by atoms with Gasteiger partial charge in [0.15, 0.2) is 0 Å². The molecule has 90 valence electrons. The van der Waals surface area contributed by atoms with Crippen LogP contribution >= 0.6 is 0 Å². The third-order valence-electron chi connectivity index (χ3n) is 2.78. The van der Waals surface area contributed by atoms with E-state index >= 15 is 0 Å². The molecule has 5 nitrogen and oxygen atoms in total. The lowest BCUT2D eigenvalue weighted by molar-refractivity contribution is -0.384. The molecule has 1 aromatic carbocycles. The Labute approximate surface area is 97.0 Å². The Morgan fingerprint density at radius 2 is 2.18 bits per heavy atom. The van der Waals surface area contributed by atoms with Gasteiger partial charge < -0.3 is 4.90 Å². The molecule has 1 heterocycles. The van der Waals surface area contributed by atoms with Crippen LogP contribution in [0.5, 0.6) is 0 Å². The molecule has 1 aliphatic rings. The van der Waals surface area contributed by atoms with Gasteiger partial charge in [0.1, 0.15) is 6.67 Å². The fourth-order valence-electron chi connectivity index (χ4n) is 1.99. The zero-order valence-corrected chi connectivity index (χ0v) is 9.06. The second-order valence-corrected chi connectivity index (χ2v) is 3.80. The fourth-order valence-corrected chi connectivity index (χ4v) is 1.99. The number of rotatable bonds is 3. The van der Waals surface area contributed by atoms with E-state index in [1.54, 1.807) is 0 Å². The maximum absolute atomic E-state index is 12.4. The molecule has 0 saturated heterocycles. The first-order valence-corrected chi connectivity index (χ1v) is 5.27. The van der Waals surface area contributed by atoms with Crippen molar-refractivity contribution < 1.29 is 14.1 Å². The van der Waals surface area contributed by atoms with Crippen LogP contribution in [0.2, 0.25) is 0 Å². The van der Waals surface area contributed by atoms with E-state index in [1.165, 1.54) is 23.1 Å². The number of nitrogens with zero attached hydrogens (tertiary/aromatic N) is 2. The maximum atomic E-state index is 12.4. The number of hydrogen-bond donors (Lipinski definition) is 0. The van der Waals surface area contributed by atoms with E-state index in [1.807, 2.05) is 0 Å². The Kier molecular flexibility index (Phi) is 3.03. The first kappa shape index (κ1) is 11.5. The van der Waals surface area contributed by atoms with Crippen LogP contribution in [0.15, 0.2) is 18.2 Å². The molecule has 2 rings (SSSR count). The first-order valence-electron chi connectivity index (χ1n) is 5.27. The number of aryl methyl sites for hydroxylation is 1. The minimum atomic E-state index is -0.623. The van der Waals surface area contributed by atoms with Crippen LogP contribution in [0.3, 0.4) is 0 Å². The number of fused-ring (bicyclic) bond motifs is 1. The number of carbonyl (C=O) groups is 1. The van der Waals surface area contributed by atoms with Crippen LogP contribution in [0.4, 0.5) is 15.8 Å². The fraction of sp³-hybridized carbons (Fsp3) is 0.364. The number of nitro groups is 1. The Morgan fingerprint density at radius 3 is 2.82 bits per heavy atom. The largest absolute Gasteiger partial charge is 0.310 e. The van der Waals surface area contributed by atoms with Gasteiger partial charge in [0.2, 0.25) is 5.91 Å². The van der Waals surface area contributed by atoms with Gasteiger partial charge in [0.25, 0.3) is 5.69 Å². The number of non-ortho nitro benzene ring substituents is 1. The molecule has 17 heavy (non-hydrogen) atoms. The average Bonchev–Trinajstić information content (AvgIpc) is 2.32. The Hall–Kier alpha value is -1.98. The second kappa shape index (κ2) is 4.48. The number of benzene rings is 1. The van der Waals surface area contributed by atoms with Gasteiger partial charge in [0, 0.05) is 24.2 Å². The molecule has 1 aliphatic heterocycles. The molecule has 0 unspecified atom stereocenters. The van der Waals surface area contributed by atoms with Crippen molar-refractivity contribution in [1.82, 2.24) is 0 Å². The second-order valence-electron chi connectivity index (χ2n) is 3.80. The van der Waals surface area contributed by atoms with Crippen LogP contribution in [0.25, 0.3) is 0 Å². The van der Waals surface area contributed by atoms with Crippen molar-refractivity contribution in [3.8, 4) is 0 Å². The van der Waals surface area contributed by atoms with Crippen molar-refractivity contribution in [2.45, 2.75) is 12.8 Å². The molecule has 0 radical (unpaired) electrons. The minimum absolute atomic E-state index is 0.00158. The summed E-state index contributed by atoms with van der Waals surface area (Å²) in [5.41, 5.74) is 1.31. The van der Waals surface area contributed by atoms with Crippen molar-refractivity contribution in [2.24, 2.45) is 0 Å². The van der Waals surface area contributed by atoms with Crippen LogP contribution in [0.1, 0.15) is 12.0 Å². The van der Waals surface area contributed by atoms with Crippen molar-refractivity contribution in [2.75, 3.05) is 18.1 Å². The first-order chi connectivity index (χ1) is 8.13. The Bertz CT molecular complexity index is 476. The van der Waals surface area contributed by atoms with Crippen molar-refractivity contribution in [3.63, 3.8) is 0 Å². The molecule has 0 spiro atoms. The van der Waals surface area contributed by atoms with E-state index in [0.29, 0.717) is 12.1 Å². The number of hydrogen-bond acceptors (Lipinski definition) is 3. The van der Waals surface area contributed by atoms with Gasteiger partial charge in [-0.25, -0.2) is 4.39 Å². The number of nitro benzene ring substituents is 1. The lowest BCUT2D eigenvalue weighted by Gasteiger charge is -2.28. The summed E-state index contributed by atoms with van der Waals surface area (Å²) < 4.78 is 12.4. The number of amides is 1. The topological polar surface area (TPSA) is 63.4 Å². The van der Waals surface area contributed by atoms with E-state index in [-0.39, 0.29) is 24.6 Å². The Balaban J connectivity index is 2.40. The van der Waals surface area contributed by atoms with Crippen LogP contribution in [-0.4, -0.2) is 24.0 Å². The van der Waals surface area contributed by atoms with Crippen LogP contribution in [0, 0.1) is 10.1 Å². The number of anilines is 1. The standard InChI is InChI=1S/C11H11FN2O3/c12-5-6-13-10-3-2-9(14(16)17)7-8(10)1-4-11(13)15/h2-3,7H,1,4-6H2. The molecule has 1 aromatic rings. The lowest BCUT2D eigenvalue weighted by Crippen LogP contribution is -2.36. The number of carbonyl (C=O) groups excluding carboxylic acids is 1. The van der Waals surface area contributed by atoms with Crippen LogP contribution < -0.4 is 4.90 Å². The molecule has 0 fully saturated rings. The predicted octanol–water partition coefficient (Wildman–Crippen LogP) is 1.84. The van der Waals surface area contributed by atoms with Gasteiger partial charge in [0.05, 0.1) is 11.5 Å². The molecule has 6 heteroatoms. The van der Waals surface area contributed by atoms with E-state index in [9.17, 15) is 19.3 Å². The summed E-state index contributed by atoms with van der Waals surface area (Å²) >= 11 is 0. The van der Waals surface area contributed by atoms with Gasteiger partial charge >= 0.3 is 0 Å². The quantitative estimate of drug-likeness (QED) is 0.596. The normalized spacial score (nSPS) is 14.6. The van der Waals surface area contributed by atoms with Crippen molar-refractivity contribution in [3.05, 3.63) is 33.9 Å². The number of alkyl halides is 1. The molecule has 1 amide bonds. The summed E-state index contributed by atoms with van der Waals surface area (Å²) in [4.78, 5) is 23.1. The highest BCUT2D eigenvalue weighted by Gasteiger charge is 2.25. The van der Waals surface area contributed by atoms with E-state index < -0.39 is 11.6 Å². The highest BCUT2D eigenvalue weighted by Crippen LogP contribution is 2.30. The molecule has 0 saturated carbocycles. The van der Waals surface area contributed by atoms with Crippen molar-refractivity contribution >= 4 is 17.3 Å². The van der Waals surface area contributed by atoms with E-state index in [0.717, 1.165) is 5.56 Å². The highest BCUT2D eigenvalue weighted by atomic mass is 19.1. The third kappa shape index (κ3) is 2.11.